The maximum atomic E-state index is 14.6. The first-order chi connectivity index (χ1) is 20.2. The summed E-state index contributed by atoms with van der Waals surface area (Å²) >= 11 is 0. The zero-order valence-electron chi connectivity index (χ0n) is 23.9. The SMILES string of the molecule is Cc1cn2cc(NC(=O)c3ccc(N4CC(N(C)C(=O)OCc5ccccc5)C[C@H]4C)c4cn(C)nc34)cc(F)c2n1. The molecule has 3 aromatic heterocycles. The van der Waals surface area contributed by atoms with Gasteiger partial charge in [-0.15, -0.1) is 0 Å². The fraction of sp³-hybridized carbons (Fsp3) is 0.290. The van der Waals surface area contributed by atoms with Crippen molar-refractivity contribution >= 4 is 39.9 Å². The third-order valence-corrected chi connectivity index (χ3v) is 7.80. The zero-order valence-corrected chi connectivity index (χ0v) is 23.9. The molecule has 6 rings (SSSR count). The van der Waals surface area contributed by atoms with Gasteiger partial charge in [0, 0.05) is 62.4 Å². The van der Waals surface area contributed by atoms with E-state index in [4.69, 9.17) is 4.74 Å². The number of amides is 2. The Balaban J connectivity index is 1.21. The number of aryl methyl sites for hydroxylation is 2. The predicted octanol–water partition coefficient (Wildman–Crippen LogP) is 5.16. The van der Waals surface area contributed by atoms with Crippen LogP contribution < -0.4 is 10.2 Å². The number of hydrogen-bond donors (Lipinski definition) is 1. The van der Waals surface area contributed by atoms with Crippen molar-refractivity contribution in [2.75, 3.05) is 23.8 Å². The maximum absolute atomic E-state index is 14.6. The Kier molecular flexibility index (Phi) is 7.01. The number of pyridine rings is 1. The number of nitrogens with one attached hydrogen (secondary N) is 1. The Labute approximate surface area is 242 Å². The van der Waals surface area contributed by atoms with E-state index >= 15 is 0 Å². The van der Waals surface area contributed by atoms with Gasteiger partial charge >= 0.3 is 6.09 Å². The smallest absolute Gasteiger partial charge is 0.410 e. The molecule has 216 valence electrons. The number of nitrogens with zero attached hydrogens (tertiary/aromatic N) is 6. The molecule has 1 unspecified atom stereocenters. The van der Waals surface area contributed by atoms with Gasteiger partial charge in [0.15, 0.2) is 11.5 Å². The third kappa shape index (κ3) is 5.13. The van der Waals surface area contributed by atoms with Gasteiger partial charge in [-0.2, -0.15) is 5.10 Å². The fourth-order valence-corrected chi connectivity index (χ4v) is 5.67. The van der Waals surface area contributed by atoms with Gasteiger partial charge in [0.05, 0.1) is 23.0 Å². The quantitative estimate of drug-likeness (QED) is 0.304. The van der Waals surface area contributed by atoms with E-state index in [0.29, 0.717) is 29.0 Å². The summed E-state index contributed by atoms with van der Waals surface area (Å²) in [4.78, 5) is 34.3. The van der Waals surface area contributed by atoms with Crippen LogP contribution >= 0.6 is 0 Å². The summed E-state index contributed by atoms with van der Waals surface area (Å²) in [6, 6.07) is 14.6. The highest BCUT2D eigenvalue weighted by atomic mass is 19.1. The molecule has 11 heteroatoms. The van der Waals surface area contributed by atoms with E-state index in [1.165, 1.54) is 6.07 Å². The molecule has 4 heterocycles. The summed E-state index contributed by atoms with van der Waals surface area (Å²) in [5.41, 5.74) is 3.98. The Morgan fingerprint density at radius 3 is 2.71 bits per heavy atom. The van der Waals surface area contributed by atoms with Crippen molar-refractivity contribution < 1.29 is 18.7 Å². The van der Waals surface area contributed by atoms with Crippen molar-refractivity contribution in [1.82, 2.24) is 24.1 Å². The molecule has 5 aromatic rings. The normalized spacial score (nSPS) is 16.7. The number of anilines is 2. The minimum absolute atomic E-state index is 0.0467. The highest BCUT2D eigenvalue weighted by molar-refractivity contribution is 6.14. The number of benzene rings is 2. The summed E-state index contributed by atoms with van der Waals surface area (Å²) in [6.45, 7) is 4.73. The van der Waals surface area contributed by atoms with E-state index in [0.717, 1.165) is 23.1 Å². The number of likely N-dealkylation sites (N-methyl/N-ethyl adjacent to an activating group) is 1. The van der Waals surface area contributed by atoms with Crippen molar-refractivity contribution in [2.24, 2.45) is 7.05 Å². The average Bonchev–Trinajstić information content (AvgIpc) is 3.66. The second kappa shape index (κ2) is 10.8. The number of halogens is 1. The van der Waals surface area contributed by atoms with E-state index in [1.807, 2.05) is 49.6 Å². The molecule has 0 aliphatic carbocycles. The molecule has 2 atom stereocenters. The number of fused-ring (bicyclic) bond motifs is 2. The van der Waals surface area contributed by atoms with Crippen molar-refractivity contribution in [1.29, 1.82) is 0 Å². The molecule has 0 bridgehead atoms. The van der Waals surface area contributed by atoms with Crippen LogP contribution in [0.3, 0.4) is 0 Å². The minimum atomic E-state index is -0.522. The molecule has 10 nitrogen and oxygen atoms in total. The van der Waals surface area contributed by atoms with Gasteiger partial charge in [-0.05, 0) is 38.0 Å². The van der Waals surface area contributed by atoms with Gasteiger partial charge in [0.25, 0.3) is 5.91 Å². The zero-order chi connectivity index (χ0) is 29.5. The summed E-state index contributed by atoms with van der Waals surface area (Å²) in [5, 5.41) is 8.22. The number of rotatable bonds is 6. The second-order valence-corrected chi connectivity index (χ2v) is 10.9. The Bertz CT molecular complexity index is 1800. The number of hydrogen-bond acceptors (Lipinski definition) is 6. The van der Waals surface area contributed by atoms with Crippen LogP contribution in [0.5, 0.6) is 0 Å². The molecule has 42 heavy (non-hydrogen) atoms. The second-order valence-electron chi connectivity index (χ2n) is 10.9. The Morgan fingerprint density at radius 1 is 1.14 bits per heavy atom. The van der Waals surface area contributed by atoms with Crippen LogP contribution in [-0.4, -0.2) is 61.7 Å². The molecule has 2 amide bonds. The van der Waals surface area contributed by atoms with Gasteiger partial charge in [-0.3, -0.25) is 9.48 Å². The van der Waals surface area contributed by atoms with E-state index < -0.39 is 11.7 Å². The van der Waals surface area contributed by atoms with Crippen molar-refractivity contribution in [3.8, 4) is 0 Å². The molecule has 1 aliphatic rings. The molecule has 1 fully saturated rings. The van der Waals surface area contributed by atoms with Crippen LogP contribution in [0.2, 0.25) is 0 Å². The van der Waals surface area contributed by atoms with Crippen LogP contribution in [0.25, 0.3) is 16.6 Å². The minimum Gasteiger partial charge on any atom is -0.445 e. The maximum Gasteiger partial charge on any atom is 0.410 e. The van der Waals surface area contributed by atoms with Crippen molar-refractivity contribution in [3.63, 3.8) is 0 Å². The molecule has 0 radical (unpaired) electrons. The van der Waals surface area contributed by atoms with Crippen LogP contribution in [0.1, 0.15) is 35.0 Å². The van der Waals surface area contributed by atoms with Crippen LogP contribution in [-0.2, 0) is 18.4 Å². The Hall–Kier alpha value is -4.93. The van der Waals surface area contributed by atoms with E-state index in [9.17, 15) is 14.0 Å². The average molecular weight is 570 g/mol. The summed E-state index contributed by atoms with van der Waals surface area (Å²) in [5.74, 6) is -0.917. The van der Waals surface area contributed by atoms with E-state index in [2.05, 4.69) is 27.2 Å². The molecule has 1 aliphatic heterocycles. The first-order valence-corrected chi connectivity index (χ1v) is 13.8. The summed E-state index contributed by atoms with van der Waals surface area (Å²) < 4.78 is 23.4. The van der Waals surface area contributed by atoms with E-state index in [1.54, 1.807) is 46.4 Å². The molecule has 2 aromatic carbocycles. The van der Waals surface area contributed by atoms with E-state index in [-0.39, 0.29) is 30.4 Å². The first-order valence-electron chi connectivity index (χ1n) is 13.8. The topological polar surface area (TPSA) is 97.0 Å². The first kappa shape index (κ1) is 27.3. The highest BCUT2D eigenvalue weighted by Crippen LogP contribution is 2.35. The van der Waals surface area contributed by atoms with Gasteiger partial charge < -0.3 is 24.3 Å². The lowest BCUT2D eigenvalue weighted by Gasteiger charge is -2.26. The summed E-state index contributed by atoms with van der Waals surface area (Å²) in [6.07, 6.45) is 5.62. The van der Waals surface area contributed by atoms with Gasteiger partial charge in [-0.1, -0.05) is 30.3 Å². The van der Waals surface area contributed by atoms with Gasteiger partial charge in [0.1, 0.15) is 12.1 Å². The molecular formula is C31H32FN7O3. The molecular weight excluding hydrogens is 537 g/mol. The van der Waals surface area contributed by atoms with Gasteiger partial charge in [0.2, 0.25) is 0 Å². The van der Waals surface area contributed by atoms with Crippen molar-refractivity contribution in [2.45, 2.75) is 39.0 Å². The monoisotopic (exact) mass is 569 g/mol. The molecule has 0 spiro atoms. The van der Waals surface area contributed by atoms with Crippen LogP contribution in [0.15, 0.2) is 67.1 Å². The number of carbonyl (C=O) groups excluding carboxylic acids is 2. The largest absolute Gasteiger partial charge is 0.445 e. The Morgan fingerprint density at radius 2 is 1.93 bits per heavy atom. The standard InChI is InChI=1S/C31H32FN7O3/c1-19-14-38-15-22(13-26(32)29(38)33-19)34-30(40)24-10-11-27(25-17-36(3)35-28(24)25)39-16-23(12-20(39)2)37(4)31(41)42-18-21-8-6-5-7-9-21/h5-11,13-15,17,20,23H,12,16,18H2,1-4H3,(H,34,40)/t20-,23?/m1/s1. The number of aromatic nitrogens is 4. The third-order valence-electron chi connectivity index (χ3n) is 7.80. The molecule has 1 N–H and O–H groups in total. The lowest BCUT2D eigenvalue weighted by molar-refractivity contribution is 0.0934. The lowest BCUT2D eigenvalue weighted by atomic mass is 10.1. The predicted molar refractivity (Wildman–Crippen MR) is 158 cm³/mol. The lowest BCUT2D eigenvalue weighted by Crippen LogP contribution is -2.39. The van der Waals surface area contributed by atoms with Crippen LogP contribution in [0, 0.1) is 12.7 Å². The fourth-order valence-electron chi connectivity index (χ4n) is 5.67. The van der Waals surface area contributed by atoms with Crippen LogP contribution in [0.4, 0.5) is 20.6 Å². The van der Waals surface area contributed by atoms with Crippen molar-refractivity contribution in [3.05, 3.63) is 89.8 Å². The molecule has 1 saturated heterocycles. The molecule has 0 saturated carbocycles. The number of ether oxygens (including phenoxy) is 1. The van der Waals surface area contributed by atoms with Gasteiger partial charge in [-0.25, -0.2) is 14.2 Å². The number of carbonyl (C=O) groups is 2. The number of imidazole rings is 1. The highest BCUT2D eigenvalue weighted by Gasteiger charge is 2.35. The summed E-state index contributed by atoms with van der Waals surface area (Å²) in [7, 11) is 3.58.